The molecule has 1 aromatic heterocycles. The molecule has 0 atom stereocenters. The van der Waals surface area contributed by atoms with Gasteiger partial charge in [0.2, 0.25) is 0 Å². The zero-order chi connectivity index (χ0) is 17.2. The number of pyridine rings is 1. The number of rotatable bonds is 2. The molecule has 25 heavy (non-hydrogen) atoms. The summed E-state index contributed by atoms with van der Waals surface area (Å²) in [5, 5.41) is 5.88. The topological polar surface area (TPSA) is 49.6 Å². The molecule has 0 aliphatic carbocycles. The second-order valence-corrected chi connectivity index (χ2v) is 6.31. The van der Waals surface area contributed by atoms with Crippen molar-refractivity contribution in [1.82, 2.24) is 10.4 Å². The van der Waals surface area contributed by atoms with E-state index in [4.69, 9.17) is 28.2 Å². The fourth-order valence-electron chi connectivity index (χ4n) is 2.58. The summed E-state index contributed by atoms with van der Waals surface area (Å²) in [6.45, 7) is 0. The minimum absolute atomic E-state index is 0.628. The van der Waals surface area contributed by atoms with E-state index in [0.29, 0.717) is 15.9 Å². The summed E-state index contributed by atoms with van der Waals surface area (Å²) in [6.07, 6.45) is 3.44. The van der Waals surface area contributed by atoms with E-state index < -0.39 is 0 Å². The van der Waals surface area contributed by atoms with E-state index in [1.54, 1.807) is 12.4 Å². The molecule has 0 unspecified atom stereocenters. The highest BCUT2D eigenvalue weighted by Crippen LogP contribution is 2.28. The normalized spacial score (nSPS) is 13.2. The van der Waals surface area contributed by atoms with Gasteiger partial charge in [0.25, 0.3) is 0 Å². The summed E-state index contributed by atoms with van der Waals surface area (Å²) in [5.41, 5.74) is 7.28. The highest BCUT2D eigenvalue weighted by molar-refractivity contribution is 6.32. The smallest absolute Gasteiger partial charge is 0.154 e. The summed E-state index contributed by atoms with van der Waals surface area (Å²) in [5.74, 6) is 0.648. The Morgan fingerprint density at radius 1 is 0.760 bits per heavy atom. The third kappa shape index (κ3) is 3.27. The first kappa shape index (κ1) is 15.8. The van der Waals surface area contributed by atoms with E-state index in [9.17, 15) is 0 Å². The molecule has 0 saturated carbocycles. The molecular formula is C19H12Cl2N4. The second kappa shape index (κ2) is 6.67. The molecule has 1 N–H and O–H groups in total. The molecule has 2 heterocycles. The van der Waals surface area contributed by atoms with Crippen molar-refractivity contribution in [3.8, 4) is 0 Å². The van der Waals surface area contributed by atoms with Crippen LogP contribution in [0.1, 0.15) is 16.7 Å². The van der Waals surface area contributed by atoms with Crippen molar-refractivity contribution in [3.63, 3.8) is 0 Å². The quantitative estimate of drug-likeness (QED) is 0.706. The average molecular weight is 367 g/mol. The van der Waals surface area contributed by atoms with Crippen LogP contribution in [-0.4, -0.2) is 16.5 Å². The first-order valence-electron chi connectivity index (χ1n) is 7.59. The maximum absolute atomic E-state index is 6.21. The Hall–Kier alpha value is -2.69. The molecule has 1 aliphatic heterocycles. The van der Waals surface area contributed by atoms with Crippen LogP contribution in [0, 0.1) is 0 Å². The maximum Gasteiger partial charge on any atom is 0.154 e. The number of hydrogen-bond acceptors (Lipinski definition) is 4. The number of benzene rings is 2. The zero-order valence-corrected chi connectivity index (χ0v) is 14.5. The van der Waals surface area contributed by atoms with Crippen LogP contribution < -0.4 is 5.43 Å². The van der Waals surface area contributed by atoms with Gasteiger partial charge in [-0.2, -0.15) is 5.10 Å². The lowest BCUT2D eigenvalue weighted by molar-refractivity contribution is 1.03. The Morgan fingerprint density at radius 3 is 2.24 bits per heavy atom. The Bertz CT molecular complexity index is 980. The molecule has 0 spiro atoms. The molecule has 122 valence electrons. The summed E-state index contributed by atoms with van der Waals surface area (Å²) in [6, 6.07) is 16.8. The number of fused-ring (bicyclic) bond motifs is 1. The van der Waals surface area contributed by atoms with E-state index in [0.717, 1.165) is 28.1 Å². The van der Waals surface area contributed by atoms with Crippen molar-refractivity contribution in [3.05, 3.63) is 93.7 Å². The molecule has 6 heteroatoms. The molecule has 0 amide bonds. The lowest BCUT2D eigenvalue weighted by Gasteiger charge is -2.08. The molecule has 0 saturated heterocycles. The number of hydrazone groups is 1. The summed E-state index contributed by atoms with van der Waals surface area (Å²) < 4.78 is 0. The van der Waals surface area contributed by atoms with E-state index in [-0.39, 0.29) is 0 Å². The largest absolute Gasteiger partial charge is 0.265 e. The third-order valence-electron chi connectivity index (χ3n) is 3.79. The average Bonchev–Trinajstić information content (AvgIpc) is 2.83. The Kier molecular flexibility index (Phi) is 4.22. The molecule has 4 rings (SSSR count). The van der Waals surface area contributed by atoms with Crippen LogP contribution >= 0.6 is 23.2 Å². The second-order valence-electron chi connectivity index (χ2n) is 5.44. The van der Waals surface area contributed by atoms with Crippen LogP contribution in [0.25, 0.3) is 0 Å². The van der Waals surface area contributed by atoms with Crippen LogP contribution in [0.5, 0.6) is 0 Å². The highest BCUT2D eigenvalue weighted by Gasteiger charge is 2.17. The Labute approximate surface area is 154 Å². The van der Waals surface area contributed by atoms with Crippen LogP contribution in [0.4, 0.5) is 5.69 Å². The fourth-order valence-corrected chi connectivity index (χ4v) is 2.87. The van der Waals surface area contributed by atoms with Gasteiger partial charge in [-0.1, -0.05) is 35.3 Å². The van der Waals surface area contributed by atoms with Gasteiger partial charge < -0.3 is 0 Å². The van der Waals surface area contributed by atoms with Gasteiger partial charge in [-0.3, -0.25) is 10.4 Å². The lowest BCUT2D eigenvalue weighted by Crippen LogP contribution is -2.19. The van der Waals surface area contributed by atoms with E-state index >= 15 is 0 Å². The number of halogens is 2. The predicted molar refractivity (Wildman–Crippen MR) is 102 cm³/mol. The monoisotopic (exact) mass is 366 g/mol. The summed E-state index contributed by atoms with van der Waals surface area (Å²) >= 11 is 12.2. The predicted octanol–water partition coefficient (Wildman–Crippen LogP) is 4.82. The molecule has 0 radical (unpaired) electrons. The Balaban J connectivity index is 1.87. The van der Waals surface area contributed by atoms with Gasteiger partial charge in [0.05, 0.1) is 5.69 Å². The standard InChI is InChI=1S/C19H12Cl2N4/c20-14-3-1-12(2-4-14)18-16-11-15(21)5-6-17(16)23-19(25-24-18)13-7-9-22-10-8-13/h1-11H,(H,23,25). The highest BCUT2D eigenvalue weighted by atomic mass is 35.5. The molecule has 2 aromatic carbocycles. The van der Waals surface area contributed by atoms with E-state index in [2.05, 4.69) is 15.5 Å². The van der Waals surface area contributed by atoms with Crippen LogP contribution in [0.15, 0.2) is 77.1 Å². The van der Waals surface area contributed by atoms with E-state index in [1.165, 1.54) is 0 Å². The SMILES string of the molecule is Clc1ccc(C2=NNC(c3ccncc3)=Nc3ccc(Cl)cc32)cc1. The van der Waals surface area contributed by atoms with Gasteiger partial charge in [0.15, 0.2) is 5.84 Å². The van der Waals surface area contributed by atoms with Crippen molar-refractivity contribution in [1.29, 1.82) is 0 Å². The van der Waals surface area contributed by atoms with Gasteiger partial charge in [-0.25, -0.2) is 4.99 Å². The van der Waals surface area contributed by atoms with Crippen LogP contribution in [-0.2, 0) is 0 Å². The number of hydrogen-bond donors (Lipinski definition) is 1. The van der Waals surface area contributed by atoms with Gasteiger partial charge >= 0.3 is 0 Å². The van der Waals surface area contributed by atoms with Gasteiger partial charge in [-0.15, -0.1) is 0 Å². The van der Waals surface area contributed by atoms with Crippen molar-refractivity contribution < 1.29 is 0 Å². The van der Waals surface area contributed by atoms with Gasteiger partial charge in [-0.05, 0) is 42.5 Å². The number of nitrogens with zero attached hydrogens (tertiary/aromatic N) is 3. The number of aromatic nitrogens is 1. The first-order valence-corrected chi connectivity index (χ1v) is 8.35. The van der Waals surface area contributed by atoms with Crippen molar-refractivity contribution in [2.75, 3.05) is 0 Å². The fraction of sp³-hybridized carbons (Fsp3) is 0. The van der Waals surface area contributed by atoms with Gasteiger partial charge in [0, 0.05) is 39.1 Å². The minimum atomic E-state index is 0.628. The lowest BCUT2D eigenvalue weighted by atomic mass is 10.0. The third-order valence-corrected chi connectivity index (χ3v) is 4.28. The summed E-state index contributed by atoms with van der Waals surface area (Å²) in [4.78, 5) is 8.76. The molecule has 1 aliphatic rings. The number of aliphatic imine (C=N–C) groups is 1. The molecule has 3 aromatic rings. The zero-order valence-electron chi connectivity index (χ0n) is 12.9. The molecule has 4 nitrogen and oxygen atoms in total. The molecule has 0 bridgehead atoms. The van der Waals surface area contributed by atoms with Crippen molar-refractivity contribution in [2.24, 2.45) is 10.1 Å². The molecule has 0 fully saturated rings. The maximum atomic E-state index is 6.21. The Morgan fingerprint density at radius 2 is 1.48 bits per heavy atom. The number of amidine groups is 1. The molecular weight excluding hydrogens is 355 g/mol. The number of nitrogens with one attached hydrogen (secondary N) is 1. The van der Waals surface area contributed by atoms with Gasteiger partial charge in [0.1, 0.15) is 5.71 Å². The van der Waals surface area contributed by atoms with Crippen LogP contribution in [0.2, 0.25) is 10.0 Å². The summed E-state index contributed by atoms with van der Waals surface area (Å²) in [7, 11) is 0. The van der Waals surface area contributed by atoms with Crippen molar-refractivity contribution in [2.45, 2.75) is 0 Å². The minimum Gasteiger partial charge on any atom is -0.265 e. The van der Waals surface area contributed by atoms with Crippen molar-refractivity contribution >= 4 is 40.4 Å². The van der Waals surface area contributed by atoms with E-state index in [1.807, 2.05) is 54.6 Å². The van der Waals surface area contributed by atoms with Crippen LogP contribution in [0.3, 0.4) is 0 Å². The first-order chi connectivity index (χ1) is 12.2.